The Bertz CT molecular complexity index is 562. The minimum absolute atomic E-state index is 0.141. The lowest BCUT2D eigenvalue weighted by molar-refractivity contribution is 0.0515. The number of pyridine rings is 1. The van der Waals surface area contributed by atoms with E-state index < -0.39 is 0 Å². The molecule has 0 atom stereocenters. The number of nitriles is 1. The maximum absolute atomic E-state index is 8.90. The SMILES string of the molecule is COCOc1cc(C#N)ccc1-c1cccnc1. The van der Waals surface area contributed by atoms with Crippen LogP contribution in [0.4, 0.5) is 0 Å². The van der Waals surface area contributed by atoms with Crippen LogP contribution in [-0.4, -0.2) is 18.9 Å². The van der Waals surface area contributed by atoms with Crippen LogP contribution in [0.15, 0.2) is 42.7 Å². The van der Waals surface area contributed by atoms with Gasteiger partial charge in [0.1, 0.15) is 5.75 Å². The van der Waals surface area contributed by atoms with Crippen LogP contribution in [0.2, 0.25) is 0 Å². The van der Waals surface area contributed by atoms with Crippen molar-refractivity contribution in [2.24, 2.45) is 0 Å². The van der Waals surface area contributed by atoms with Gasteiger partial charge in [-0.25, -0.2) is 0 Å². The van der Waals surface area contributed by atoms with Crippen LogP contribution in [0.3, 0.4) is 0 Å². The third-order valence-corrected chi connectivity index (χ3v) is 2.42. The lowest BCUT2D eigenvalue weighted by atomic mass is 10.0. The van der Waals surface area contributed by atoms with E-state index in [1.54, 1.807) is 31.6 Å². The van der Waals surface area contributed by atoms with Gasteiger partial charge in [0.15, 0.2) is 6.79 Å². The van der Waals surface area contributed by atoms with Gasteiger partial charge in [0.05, 0.1) is 11.6 Å². The minimum Gasteiger partial charge on any atom is -0.467 e. The second kappa shape index (κ2) is 5.80. The Hall–Kier alpha value is -2.38. The lowest BCUT2D eigenvalue weighted by Gasteiger charge is -2.11. The van der Waals surface area contributed by atoms with E-state index in [9.17, 15) is 0 Å². The van der Waals surface area contributed by atoms with Gasteiger partial charge in [-0.3, -0.25) is 4.98 Å². The fourth-order valence-corrected chi connectivity index (χ4v) is 1.59. The Morgan fingerprint density at radius 3 is 2.89 bits per heavy atom. The van der Waals surface area contributed by atoms with Crippen LogP contribution >= 0.6 is 0 Å². The number of hydrogen-bond donors (Lipinski definition) is 0. The molecule has 1 aromatic carbocycles. The summed E-state index contributed by atoms with van der Waals surface area (Å²) in [6, 6.07) is 11.2. The van der Waals surface area contributed by atoms with Gasteiger partial charge in [-0.1, -0.05) is 6.07 Å². The molecule has 1 aromatic heterocycles. The van der Waals surface area contributed by atoms with Crippen molar-refractivity contribution in [3.63, 3.8) is 0 Å². The quantitative estimate of drug-likeness (QED) is 0.771. The summed E-state index contributed by atoms with van der Waals surface area (Å²) < 4.78 is 10.4. The summed E-state index contributed by atoms with van der Waals surface area (Å²) in [7, 11) is 1.55. The molecule has 18 heavy (non-hydrogen) atoms. The average molecular weight is 240 g/mol. The van der Waals surface area contributed by atoms with E-state index in [4.69, 9.17) is 14.7 Å². The van der Waals surface area contributed by atoms with E-state index in [2.05, 4.69) is 11.1 Å². The predicted octanol–water partition coefficient (Wildman–Crippen LogP) is 2.60. The van der Waals surface area contributed by atoms with E-state index in [0.717, 1.165) is 11.1 Å². The number of rotatable bonds is 4. The zero-order chi connectivity index (χ0) is 12.8. The fourth-order valence-electron chi connectivity index (χ4n) is 1.59. The minimum atomic E-state index is 0.141. The summed E-state index contributed by atoms with van der Waals surface area (Å²) >= 11 is 0. The second-order valence-corrected chi connectivity index (χ2v) is 3.62. The molecule has 0 aliphatic heterocycles. The molecule has 0 unspecified atom stereocenters. The van der Waals surface area contributed by atoms with Crippen LogP contribution in [0, 0.1) is 11.3 Å². The summed E-state index contributed by atoms with van der Waals surface area (Å²) in [6.45, 7) is 0.141. The Balaban J connectivity index is 2.43. The highest BCUT2D eigenvalue weighted by Gasteiger charge is 2.07. The molecule has 0 fully saturated rings. The molecule has 0 saturated carbocycles. The summed E-state index contributed by atoms with van der Waals surface area (Å²) in [4.78, 5) is 4.07. The van der Waals surface area contributed by atoms with Crippen molar-refractivity contribution in [1.29, 1.82) is 5.26 Å². The molecule has 0 bridgehead atoms. The van der Waals surface area contributed by atoms with Crippen LogP contribution in [0.1, 0.15) is 5.56 Å². The molecule has 0 aliphatic rings. The Morgan fingerprint density at radius 2 is 2.22 bits per heavy atom. The van der Waals surface area contributed by atoms with Crippen LogP contribution < -0.4 is 4.74 Å². The van der Waals surface area contributed by atoms with Gasteiger partial charge in [-0.05, 0) is 24.3 Å². The van der Waals surface area contributed by atoms with Gasteiger partial charge in [0.2, 0.25) is 0 Å². The number of hydrogen-bond acceptors (Lipinski definition) is 4. The molecule has 1 heterocycles. The van der Waals surface area contributed by atoms with Crippen molar-refractivity contribution in [2.75, 3.05) is 13.9 Å². The van der Waals surface area contributed by atoms with E-state index in [1.807, 2.05) is 18.2 Å². The van der Waals surface area contributed by atoms with Gasteiger partial charge in [-0.2, -0.15) is 5.26 Å². The zero-order valence-corrected chi connectivity index (χ0v) is 9.96. The average Bonchev–Trinajstić information content (AvgIpc) is 2.45. The van der Waals surface area contributed by atoms with E-state index in [1.165, 1.54) is 0 Å². The van der Waals surface area contributed by atoms with Gasteiger partial charge in [-0.15, -0.1) is 0 Å². The second-order valence-electron chi connectivity index (χ2n) is 3.62. The molecule has 0 radical (unpaired) electrons. The molecule has 0 N–H and O–H groups in total. The molecule has 0 aliphatic carbocycles. The molecule has 90 valence electrons. The van der Waals surface area contributed by atoms with Crippen LogP contribution in [-0.2, 0) is 4.74 Å². The highest BCUT2D eigenvalue weighted by atomic mass is 16.7. The molecule has 4 nitrogen and oxygen atoms in total. The predicted molar refractivity (Wildman–Crippen MR) is 66.9 cm³/mol. The fraction of sp³-hybridized carbons (Fsp3) is 0.143. The number of aromatic nitrogens is 1. The number of nitrogens with zero attached hydrogens (tertiary/aromatic N) is 2. The third kappa shape index (κ3) is 2.65. The van der Waals surface area contributed by atoms with Crippen molar-refractivity contribution < 1.29 is 9.47 Å². The largest absolute Gasteiger partial charge is 0.467 e. The van der Waals surface area contributed by atoms with Crippen molar-refractivity contribution in [3.05, 3.63) is 48.3 Å². The van der Waals surface area contributed by atoms with Crippen molar-refractivity contribution in [3.8, 4) is 22.9 Å². The van der Waals surface area contributed by atoms with Crippen molar-refractivity contribution in [1.82, 2.24) is 4.98 Å². The maximum Gasteiger partial charge on any atom is 0.188 e. The number of ether oxygens (including phenoxy) is 2. The van der Waals surface area contributed by atoms with E-state index in [0.29, 0.717) is 11.3 Å². The highest BCUT2D eigenvalue weighted by Crippen LogP contribution is 2.30. The maximum atomic E-state index is 8.90. The first-order valence-electron chi connectivity index (χ1n) is 5.41. The lowest BCUT2D eigenvalue weighted by Crippen LogP contribution is -2.00. The summed E-state index contributed by atoms with van der Waals surface area (Å²) in [5.41, 5.74) is 2.38. The monoisotopic (exact) mass is 240 g/mol. The Morgan fingerprint density at radius 1 is 1.33 bits per heavy atom. The Kier molecular flexibility index (Phi) is 3.90. The molecule has 4 heteroatoms. The molecular formula is C14H12N2O2. The van der Waals surface area contributed by atoms with Gasteiger partial charge >= 0.3 is 0 Å². The highest BCUT2D eigenvalue weighted by molar-refractivity contribution is 5.70. The number of methoxy groups -OCH3 is 1. The smallest absolute Gasteiger partial charge is 0.188 e. The molecule has 0 spiro atoms. The van der Waals surface area contributed by atoms with Crippen LogP contribution in [0.5, 0.6) is 5.75 Å². The van der Waals surface area contributed by atoms with Crippen molar-refractivity contribution in [2.45, 2.75) is 0 Å². The van der Waals surface area contributed by atoms with Gasteiger partial charge in [0.25, 0.3) is 0 Å². The topological polar surface area (TPSA) is 55.1 Å². The molecular weight excluding hydrogens is 228 g/mol. The summed E-state index contributed by atoms with van der Waals surface area (Å²) in [5, 5.41) is 8.90. The first kappa shape index (κ1) is 12.1. The zero-order valence-electron chi connectivity index (χ0n) is 9.96. The van der Waals surface area contributed by atoms with Crippen molar-refractivity contribution >= 4 is 0 Å². The summed E-state index contributed by atoms with van der Waals surface area (Å²) in [5.74, 6) is 0.615. The molecule has 0 saturated heterocycles. The first-order chi connectivity index (χ1) is 8.85. The van der Waals surface area contributed by atoms with E-state index in [-0.39, 0.29) is 6.79 Å². The van der Waals surface area contributed by atoms with Gasteiger partial charge in [0, 0.05) is 30.6 Å². The van der Waals surface area contributed by atoms with Crippen LogP contribution in [0.25, 0.3) is 11.1 Å². The standard InChI is InChI=1S/C14H12N2O2/c1-17-10-18-14-7-11(8-15)4-5-13(14)12-3-2-6-16-9-12/h2-7,9H,10H2,1H3. The molecule has 2 rings (SSSR count). The number of benzene rings is 1. The normalized spacial score (nSPS) is 9.78. The van der Waals surface area contributed by atoms with E-state index >= 15 is 0 Å². The molecule has 2 aromatic rings. The third-order valence-electron chi connectivity index (χ3n) is 2.42. The Labute approximate surface area is 105 Å². The summed E-state index contributed by atoms with van der Waals surface area (Å²) in [6.07, 6.45) is 3.46. The first-order valence-corrected chi connectivity index (χ1v) is 5.41. The molecule has 0 amide bonds. The van der Waals surface area contributed by atoms with Gasteiger partial charge < -0.3 is 9.47 Å².